The zero-order valence-electron chi connectivity index (χ0n) is 20.0. The van der Waals surface area contributed by atoms with Gasteiger partial charge in [0.2, 0.25) is 0 Å². The first kappa shape index (κ1) is 23.4. The van der Waals surface area contributed by atoms with Gasteiger partial charge in [0.15, 0.2) is 11.6 Å². The summed E-state index contributed by atoms with van der Waals surface area (Å²) in [6.07, 6.45) is 4.64. The molecule has 0 aliphatic carbocycles. The number of benzene rings is 1. The Bertz CT molecular complexity index is 1380. The fourth-order valence-corrected chi connectivity index (χ4v) is 4.83. The Morgan fingerprint density at radius 3 is 2.74 bits per heavy atom. The Hall–Kier alpha value is -3.36. The number of aromatic nitrogens is 4. The molecule has 0 spiro atoms. The number of hydrogen-bond donors (Lipinski definition) is 1. The number of rotatable bonds is 8. The maximum absolute atomic E-state index is 13.0. The molecule has 9 heteroatoms. The van der Waals surface area contributed by atoms with E-state index in [1.807, 2.05) is 38.1 Å². The third kappa shape index (κ3) is 5.04. The van der Waals surface area contributed by atoms with Gasteiger partial charge in [-0.3, -0.25) is 9.78 Å². The third-order valence-electron chi connectivity index (χ3n) is 6.41. The van der Waals surface area contributed by atoms with Crippen LogP contribution in [-0.2, 0) is 6.54 Å². The number of carbonyl (C=O) groups is 1. The molecule has 1 aliphatic rings. The van der Waals surface area contributed by atoms with E-state index in [1.54, 1.807) is 12.4 Å². The van der Waals surface area contributed by atoms with Gasteiger partial charge in [0.25, 0.3) is 0 Å². The molecule has 180 valence electrons. The molecular weight excluding hydrogens is 464 g/mol. The summed E-state index contributed by atoms with van der Waals surface area (Å²) in [5.74, 6) is 2.10. The fraction of sp³-hybridized carbons (Fsp3) is 0.346. The van der Waals surface area contributed by atoms with E-state index in [2.05, 4.69) is 37.4 Å². The first-order valence-electron chi connectivity index (χ1n) is 11.7. The first-order valence-corrected chi connectivity index (χ1v) is 12.1. The number of Topliss-reactive ketones (excluding diaryl/α,β-unsaturated/α-hetero) is 1. The Morgan fingerprint density at radius 1 is 1.20 bits per heavy atom. The second-order valence-electron chi connectivity index (χ2n) is 9.24. The minimum atomic E-state index is -0.0382. The minimum Gasteiger partial charge on any atom is -0.365 e. The second-order valence-corrected chi connectivity index (χ2v) is 9.68. The van der Waals surface area contributed by atoms with Crippen LogP contribution in [0.1, 0.15) is 40.5 Å². The summed E-state index contributed by atoms with van der Waals surface area (Å²) in [5, 5.41) is 8.83. The van der Waals surface area contributed by atoms with Crippen molar-refractivity contribution in [1.82, 2.24) is 25.0 Å². The molecule has 0 amide bonds. The number of ketones is 1. The van der Waals surface area contributed by atoms with Crippen LogP contribution in [0, 0.1) is 19.8 Å². The van der Waals surface area contributed by atoms with Crippen LogP contribution in [0.2, 0.25) is 5.02 Å². The fourth-order valence-electron chi connectivity index (χ4n) is 4.63. The average molecular weight is 491 g/mol. The van der Waals surface area contributed by atoms with E-state index in [0.29, 0.717) is 35.2 Å². The first-order chi connectivity index (χ1) is 16.9. The highest BCUT2D eigenvalue weighted by Gasteiger charge is 2.25. The summed E-state index contributed by atoms with van der Waals surface area (Å²) < 4.78 is 5.36. The van der Waals surface area contributed by atoms with Gasteiger partial charge in [-0.15, -0.1) is 0 Å². The van der Waals surface area contributed by atoms with Gasteiger partial charge in [-0.25, -0.2) is 9.97 Å². The number of nitrogens with zero attached hydrogens (tertiary/aromatic N) is 5. The van der Waals surface area contributed by atoms with E-state index in [0.717, 1.165) is 53.0 Å². The molecule has 0 radical (unpaired) electrons. The van der Waals surface area contributed by atoms with E-state index in [1.165, 1.54) is 0 Å². The summed E-state index contributed by atoms with van der Waals surface area (Å²) in [5.41, 5.74) is 4.33. The van der Waals surface area contributed by atoms with Gasteiger partial charge in [0.1, 0.15) is 11.6 Å². The van der Waals surface area contributed by atoms with Crippen molar-refractivity contribution in [3.63, 3.8) is 0 Å². The van der Waals surface area contributed by atoms with E-state index in [9.17, 15) is 4.79 Å². The van der Waals surface area contributed by atoms with Crippen LogP contribution >= 0.6 is 11.6 Å². The molecule has 4 aromatic rings. The largest absolute Gasteiger partial charge is 0.365 e. The van der Waals surface area contributed by atoms with E-state index in [4.69, 9.17) is 16.1 Å². The molecule has 3 aromatic heterocycles. The van der Waals surface area contributed by atoms with Gasteiger partial charge in [-0.1, -0.05) is 22.8 Å². The summed E-state index contributed by atoms with van der Waals surface area (Å²) in [4.78, 5) is 28.7. The number of likely N-dealkylation sites (tertiary alicyclic amines) is 1. The van der Waals surface area contributed by atoms with Crippen molar-refractivity contribution in [2.45, 2.75) is 33.2 Å². The van der Waals surface area contributed by atoms with Crippen LogP contribution in [0.25, 0.3) is 22.0 Å². The molecule has 0 saturated carbocycles. The molecule has 1 aliphatic heterocycles. The van der Waals surface area contributed by atoms with Crippen LogP contribution in [0.15, 0.2) is 41.2 Å². The lowest BCUT2D eigenvalue weighted by atomic mass is 9.94. The number of fused-ring (bicyclic) bond motifs is 1. The molecule has 1 aromatic carbocycles. The van der Waals surface area contributed by atoms with Gasteiger partial charge in [-0.2, -0.15) is 0 Å². The number of aryl methyl sites for hydroxylation is 2. The number of nitrogens with one attached hydrogen (secondary N) is 1. The maximum Gasteiger partial charge on any atom is 0.200 e. The molecule has 35 heavy (non-hydrogen) atoms. The summed E-state index contributed by atoms with van der Waals surface area (Å²) in [6, 6.07) is 7.76. The monoisotopic (exact) mass is 490 g/mol. The SMILES string of the molecule is Cc1noc(C)c1-c1ccc2nc(C(=O)CCC3CN(C)C3)nc(NCc3cncc(Cl)c3)c2c1. The van der Waals surface area contributed by atoms with Crippen molar-refractivity contribution in [2.24, 2.45) is 5.92 Å². The Labute approximate surface area is 208 Å². The predicted octanol–water partition coefficient (Wildman–Crippen LogP) is 5.09. The van der Waals surface area contributed by atoms with Crippen molar-refractivity contribution in [3.8, 4) is 11.1 Å². The van der Waals surface area contributed by atoms with Crippen molar-refractivity contribution < 1.29 is 9.32 Å². The zero-order chi connectivity index (χ0) is 24.5. The van der Waals surface area contributed by atoms with Gasteiger partial charge < -0.3 is 14.7 Å². The average Bonchev–Trinajstić information content (AvgIpc) is 3.16. The molecule has 5 rings (SSSR count). The molecule has 4 heterocycles. The molecule has 0 atom stereocenters. The summed E-state index contributed by atoms with van der Waals surface area (Å²) in [7, 11) is 2.09. The molecule has 1 saturated heterocycles. The Kier molecular flexibility index (Phi) is 6.49. The van der Waals surface area contributed by atoms with Gasteiger partial charge in [0, 0.05) is 49.4 Å². The van der Waals surface area contributed by atoms with E-state index in [-0.39, 0.29) is 11.6 Å². The van der Waals surface area contributed by atoms with Gasteiger partial charge >= 0.3 is 0 Å². The summed E-state index contributed by atoms with van der Waals surface area (Å²) >= 11 is 6.10. The molecule has 1 fully saturated rings. The number of pyridine rings is 1. The maximum atomic E-state index is 13.0. The highest BCUT2D eigenvalue weighted by molar-refractivity contribution is 6.30. The Morgan fingerprint density at radius 2 is 2.03 bits per heavy atom. The molecule has 0 unspecified atom stereocenters. The molecule has 8 nitrogen and oxygen atoms in total. The number of carbonyl (C=O) groups excluding carboxylic acids is 1. The second kappa shape index (κ2) is 9.71. The van der Waals surface area contributed by atoms with Crippen molar-refractivity contribution in [1.29, 1.82) is 0 Å². The Balaban J connectivity index is 1.49. The van der Waals surface area contributed by atoms with Crippen LogP contribution in [0.5, 0.6) is 0 Å². The smallest absolute Gasteiger partial charge is 0.200 e. The third-order valence-corrected chi connectivity index (χ3v) is 6.61. The lowest BCUT2D eigenvalue weighted by Crippen LogP contribution is -2.43. The lowest BCUT2D eigenvalue weighted by Gasteiger charge is -2.36. The molecule has 0 bridgehead atoms. The highest BCUT2D eigenvalue weighted by atomic mass is 35.5. The topological polar surface area (TPSA) is 97.0 Å². The van der Waals surface area contributed by atoms with Crippen molar-refractivity contribution >= 4 is 34.1 Å². The van der Waals surface area contributed by atoms with Gasteiger partial charge in [0.05, 0.1) is 16.2 Å². The predicted molar refractivity (Wildman–Crippen MR) is 136 cm³/mol. The van der Waals surface area contributed by atoms with Gasteiger partial charge in [-0.05, 0) is 62.6 Å². The lowest BCUT2D eigenvalue weighted by molar-refractivity contribution is 0.0907. The van der Waals surface area contributed by atoms with Crippen molar-refractivity contribution in [3.05, 3.63) is 64.5 Å². The number of halogens is 1. The molecular formula is C26H27ClN6O2. The van der Waals surface area contributed by atoms with Crippen molar-refractivity contribution in [2.75, 3.05) is 25.5 Å². The normalized spacial score (nSPS) is 14.3. The zero-order valence-corrected chi connectivity index (χ0v) is 20.8. The molecule has 1 N–H and O–H groups in total. The van der Waals surface area contributed by atoms with E-state index >= 15 is 0 Å². The number of anilines is 1. The summed E-state index contributed by atoms with van der Waals surface area (Å²) in [6.45, 7) is 6.34. The quantitative estimate of drug-likeness (QED) is 0.341. The standard InChI is InChI=1S/C26H27ClN6O2/c1-15-24(16(2)35-32-15)19-5-6-22-21(9-19)25(29-11-18-8-20(27)12-28-10-18)31-26(30-22)23(34)7-4-17-13-33(3)14-17/h5-6,8-10,12,17H,4,7,11,13-14H2,1-3H3,(H,29,30,31). The van der Waals surface area contributed by atoms with Crippen LogP contribution in [0.3, 0.4) is 0 Å². The van der Waals surface area contributed by atoms with E-state index < -0.39 is 0 Å². The van der Waals surface area contributed by atoms with Crippen LogP contribution < -0.4 is 5.32 Å². The minimum absolute atomic E-state index is 0.0382. The number of hydrogen-bond acceptors (Lipinski definition) is 8. The van der Waals surface area contributed by atoms with Crippen LogP contribution in [0.4, 0.5) is 5.82 Å². The highest BCUT2D eigenvalue weighted by Crippen LogP contribution is 2.32. The van der Waals surface area contributed by atoms with Crippen LogP contribution in [-0.4, -0.2) is 50.9 Å².